The number of imide groups is 1. The van der Waals surface area contributed by atoms with Crippen molar-refractivity contribution in [3.63, 3.8) is 0 Å². The van der Waals surface area contributed by atoms with Crippen LogP contribution >= 0.6 is 0 Å². The molecule has 0 aromatic heterocycles. The van der Waals surface area contributed by atoms with E-state index in [2.05, 4.69) is 5.32 Å². The number of fused-ring (bicyclic) bond motifs is 1. The molecular weight excluding hydrogens is 372 g/mol. The first-order valence-electron chi connectivity index (χ1n) is 9.39. The minimum atomic E-state index is -0.341. The smallest absolute Gasteiger partial charge is 0.278 e. The SMILES string of the molecule is COc1ccc(C2=C(Nc3ccc4c(c3)OCO4)C(=O)N(CC(C)C)C2=O)cc1. The normalized spacial score (nSPS) is 15.5. The topological polar surface area (TPSA) is 77.1 Å². The second-order valence-electron chi connectivity index (χ2n) is 7.29. The van der Waals surface area contributed by atoms with Crippen LogP contribution in [0.15, 0.2) is 48.2 Å². The molecule has 0 bridgehead atoms. The molecule has 0 spiro atoms. The fourth-order valence-electron chi connectivity index (χ4n) is 3.37. The Hall–Kier alpha value is -3.48. The van der Waals surface area contributed by atoms with Crippen molar-refractivity contribution >= 4 is 23.1 Å². The van der Waals surface area contributed by atoms with Crippen molar-refractivity contribution in [2.75, 3.05) is 25.8 Å². The summed E-state index contributed by atoms with van der Waals surface area (Å²) < 4.78 is 15.9. The molecule has 0 unspecified atom stereocenters. The molecule has 2 aromatic carbocycles. The summed E-state index contributed by atoms with van der Waals surface area (Å²) in [7, 11) is 1.58. The number of carbonyl (C=O) groups is 2. The lowest BCUT2D eigenvalue weighted by molar-refractivity contribution is -0.137. The van der Waals surface area contributed by atoms with Crippen molar-refractivity contribution in [1.82, 2.24) is 4.90 Å². The van der Waals surface area contributed by atoms with Gasteiger partial charge in [0.05, 0.1) is 12.7 Å². The number of anilines is 1. The molecule has 2 aliphatic rings. The van der Waals surface area contributed by atoms with Crippen LogP contribution in [0, 0.1) is 5.92 Å². The van der Waals surface area contributed by atoms with Gasteiger partial charge in [0.15, 0.2) is 11.5 Å². The highest BCUT2D eigenvalue weighted by molar-refractivity contribution is 6.36. The van der Waals surface area contributed by atoms with Crippen LogP contribution in [0.4, 0.5) is 5.69 Å². The van der Waals surface area contributed by atoms with E-state index in [-0.39, 0.29) is 30.2 Å². The van der Waals surface area contributed by atoms with Crippen LogP contribution in [0.3, 0.4) is 0 Å². The molecule has 7 heteroatoms. The zero-order valence-electron chi connectivity index (χ0n) is 16.5. The molecule has 2 heterocycles. The molecule has 7 nitrogen and oxygen atoms in total. The minimum absolute atomic E-state index is 0.157. The average Bonchev–Trinajstić information content (AvgIpc) is 3.26. The van der Waals surface area contributed by atoms with E-state index in [1.54, 1.807) is 49.6 Å². The highest BCUT2D eigenvalue weighted by Crippen LogP contribution is 2.36. The van der Waals surface area contributed by atoms with Crippen LogP contribution in [0.5, 0.6) is 17.2 Å². The molecule has 2 aliphatic heterocycles. The third kappa shape index (κ3) is 3.51. The van der Waals surface area contributed by atoms with Gasteiger partial charge in [-0.25, -0.2) is 0 Å². The maximum absolute atomic E-state index is 13.1. The van der Waals surface area contributed by atoms with Gasteiger partial charge < -0.3 is 19.5 Å². The highest BCUT2D eigenvalue weighted by Gasteiger charge is 2.39. The standard InChI is InChI=1S/C22H22N2O5/c1-13(2)11-24-21(25)19(14-4-7-16(27-3)8-5-14)20(22(24)26)23-15-6-9-17-18(10-15)29-12-28-17/h4-10,13,23H,11-12H2,1-3H3. The molecule has 0 radical (unpaired) electrons. The second-order valence-corrected chi connectivity index (χ2v) is 7.29. The molecule has 0 saturated carbocycles. The minimum Gasteiger partial charge on any atom is -0.497 e. The van der Waals surface area contributed by atoms with Crippen LogP contribution in [-0.4, -0.2) is 37.2 Å². The van der Waals surface area contributed by atoms with E-state index in [9.17, 15) is 9.59 Å². The van der Waals surface area contributed by atoms with Crippen LogP contribution < -0.4 is 19.5 Å². The summed E-state index contributed by atoms with van der Waals surface area (Å²) in [6.45, 7) is 4.45. The largest absolute Gasteiger partial charge is 0.497 e. The van der Waals surface area contributed by atoms with Gasteiger partial charge in [-0.05, 0) is 35.7 Å². The van der Waals surface area contributed by atoms with E-state index in [1.807, 2.05) is 13.8 Å². The number of nitrogens with one attached hydrogen (secondary N) is 1. The van der Waals surface area contributed by atoms with E-state index in [1.165, 1.54) is 4.90 Å². The lowest BCUT2D eigenvalue weighted by Gasteiger charge is -2.17. The maximum atomic E-state index is 13.1. The van der Waals surface area contributed by atoms with Crippen molar-refractivity contribution in [2.24, 2.45) is 5.92 Å². The lowest BCUT2D eigenvalue weighted by Crippen LogP contribution is -2.35. The average molecular weight is 394 g/mol. The van der Waals surface area contributed by atoms with Gasteiger partial charge >= 0.3 is 0 Å². The Balaban J connectivity index is 1.74. The molecule has 0 atom stereocenters. The molecule has 2 amide bonds. The predicted octanol–water partition coefficient (Wildman–Crippen LogP) is 3.27. The predicted molar refractivity (Wildman–Crippen MR) is 108 cm³/mol. The van der Waals surface area contributed by atoms with E-state index < -0.39 is 0 Å². The second kappa shape index (κ2) is 7.50. The summed E-state index contributed by atoms with van der Waals surface area (Å²) in [5.74, 6) is 1.43. The number of rotatable bonds is 6. The molecule has 0 saturated heterocycles. The monoisotopic (exact) mass is 394 g/mol. The summed E-state index contributed by atoms with van der Waals surface area (Å²) in [4.78, 5) is 27.5. The Kier molecular flexibility index (Phi) is 4.88. The van der Waals surface area contributed by atoms with Crippen LogP contribution in [0.1, 0.15) is 19.4 Å². The molecule has 29 heavy (non-hydrogen) atoms. The van der Waals surface area contributed by atoms with Crippen LogP contribution in [0.25, 0.3) is 5.57 Å². The number of nitrogens with zero attached hydrogens (tertiary/aromatic N) is 1. The van der Waals surface area contributed by atoms with Crippen molar-refractivity contribution < 1.29 is 23.8 Å². The summed E-state index contributed by atoms with van der Waals surface area (Å²) in [5.41, 5.74) is 1.89. The fraction of sp³-hybridized carbons (Fsp3) is 0.273. The zero-order chi connectivity index (χ0) is 20.5. The van der Waals surface area contributed by atoms with Crippen molar-refractivity contribution in [3.8, 4) is 17.2 Å². The Labute approximate surface area is 168 Å². The van der Waals surface area contributed by atoms with E-state index >= 15 is 0 Å². The number of ether oxygens (including phenoxy) is 3. The molecule has 150 valence electrons. The fourth-order valence-corrected chi connectivity index (χ4v) is 3.37. The van der Waals surface area contributed by atoms with E-state index in [4.69, 9.17) is 14.2 Å². The molecule has 0 aliphatic carbocycles. The first-order valence-corrected chi connectivity index (χ1v) is 9.39. The molecular formula is C22H22N2O5. The van der Waals surface area contributed by atoms with Gasteiger partial charge in [0.1, 0.15) is 11.4 Å². The van der Waals surface area contributed by atoms with Gasteiger partial charge in [-0.2, -0.15) is 0 Å². The van der Waals surface area contributed by atoms with Crippen molar-refractivity contribution in [2.45, 2.75) is 13.8 Å². The van der Waals surface area contributed by atoms with Crippen molar-refractivity contribution in [3.05, 3.63) is 53.7 Å². The molecule has 2 aromatic rings. The number of benzene rings is 2. The maximum Gasteiger partial charge on any atom is 0.278 e. The highest BCUT2D eigenvalue weighted by atomic mass is 16.7. The third-order valence-electron chi connectivity index (χ3n) is 4.74. The van der Waals surface area contributed by atoms with Crippen molar-refractivity contribution in [1.29, 1.82) is 0 Å². The third-order valence-corrected chi connectivity index (χ3v) is 4.74. The van der Waals surface area contributed by atoms with Gasteiger partial charge in [-0.1, -0.05) is 26.0 Å². The van der Waals surface area contributed by atoms with Gasteiger partial charge in [-0.15, -0.1) is 0 Å². The molecule has 0 fully saturated rings. The Morgan fingerprint density at radius 2 is 1.76 bits per heavy atom. The summed E-state index contributed by atoms with van der Waals surface area (Å²) in [6, 6.07) is 12.4. The lowest BCUT2D eigenvalue weighted by atomic mass is 10.0. The van der Waals surface area contributed by atoms with E-state index in [0.717, 1.165) is 0 Å². The number of methoxy groups -OCH3 is 1. The number of hydrogen-bond acceptors (Lipinski definition) is 6. The Morgan fingerprint density at radius 1 is 1.03 bits per heavy atom. The molecule has 1 N–H and O–H groups in total. The summed E-state index contributed by atoms with van der Waals surface area (Å²) in [5, 5.41) is 3.13. The first-order chi connectivity index (χ1) is 14.0. The Bertz CT molecular complexity index is 995. The van der Waals surface area contributed by atoms with E-state index in [0.29, 0.717) is 40.6 Å². The summed E-state index contributed by atoms with van der Waals surface area (Å²) >= 11 is 0. The first kappa shape index (κ1) is 18.9. The quantitative estimate of drug-likeness (QED) is 0.758. The van der Waals surface area contributed by atoms with Gasteiger partial charge in [0.2, 0.25) is 6.79 Å². The number of hydrogen-bond donors (Lipinski definition) is 1. The molecule has 4 rings (SSSR count). The van der Waals surface area contributed by atoms with Crippen LogP contribution in [0.2, 0.25) is 0 Å². The Morgan fingerprint density at radius 3 is 2.45 bits per heavy atom. The van der Waals surface area contributed by atoms with Gasteiger partial charge in [-0.3, -0.25) is 14.5 Å². The van der Waals surface area contributed by atoms with Gasteiger partial charge in [0.25, 0.3) is 11.8 Å². The zero-order valence-corrected chi connectivity index (χ0v) is 16.5. The van der Waals surface area contributed by atoms with Gasteiger partial charge in [0, 0.05) is 18.3 Å². The summed E-state index contributed by atoms with van der Waals surface area (Å²) in [6.07, 6.45) is 0. The van der Waals surface area contributed by atoms with Crippen LogP contribution in [-0.2, 0) is 9.59 Å². The number of carbonyl (C=O) groups excluding carboxylic acids is 2. The number of amides is 2.